The molecule has 1 fully saturated rings. The van der Waals surface area contributed by atoms with Crippen molar-refractivity contribution < 1.29 is 0 Å². The van der Waals surface area contributed by atoms with E-state index < -0.39 is 0 Å². The number of nitrogens with one attached hydrogen (secondary N) is 1. The van der Waals surface area contributed by atoms with Crippen molar-refractivity contribution in [3.8, 4) is 0 Å². The van der Waals surface area contributed by atoms with E-state index >= 15 is 0 Å². The van der Waals surface area contributed by atoms with E-state index in [0.717, 1.165) is 20.1 Å². The van der Waals surface area contributed by atoms with Gasteiger partial charge < -0.3 is 4.98 Å². The molecule has 13 heavy (non-hydrogen) atoms. The van der Waals surface area contributed by atoms with Gasteiger partial charge in [0.15, 0.2) is 14.4 Å². The van der Waals surface area contributed by atoms with Crippen molar-refractivity contribution in [2.45, 2.75) is 18.8 Å². The fourth-order valence-corrected chi connectivity index (χ4v) is 2.34. The summed E-state index contributed by atoms with van der Waals surface area (Å²) in [5, 5.41) is 0. The molecular formula is C8H7N3S2. The van der Waals surface area contributed by atoms with Gasteiger partial charge in [-0.25, -0.2) is 9.97 Å². The monoisotopic (exact) mass is 209 g/mol. The number of rotatable bonds is 1. The number of aromatic amines is 1. The molecule has 2 heterocycles. The molecule has 3 nitrogen and oxygen atoms in total. The van der Waals surface area contributed by atoms with E-state index in [9.17, 15) is 0 Å². The maximum atomic E-state index is 5.02. The maximum Gasteiger partial charge on any atom is 0.168 e. The summed E-state index contributed by atoms with van der Waals surface area (Å²) < 4.78 is 0.753. The number of thiazole rings is 1. The van der Waals surface area contributed by atoms with E-state index in [-0.39, 0.29) is 0 Å². The van der Waals surface area contributed by atoms with Gasteiger partial charge in [-0.2, -0.15) is 0 Å². The van der Waals surface area contributed by atoms with Crippen LogP contribution in [0.25, 0.3) is 10.5 Å². The highest BCUT2D eigenvalue weighted by Crippen LogP contribution is 2.39. The van der Waals surface area contributed by atoms with Crippen molar-refractivity contribution in [3.05, 3.63) is 15.8 Å². The summed E-state index contributed by atoms with van der Waals surface area (Å²) in [4.78, 5) is 12.7. The summed E-state index contributed by atoms with van der Waals surface area (Å²) in [6.45, 7) is 0. The third-order valence-electron chi connectivity index (χ3n) is 2.16. The van der Waals surface area contributed by atoms with Crippen LogP contribution in [0.2, 0.25) is 0 Å². The van der Waals surface area contributed by atoms with E-state index in [2.05, 4.69) is 15.0 Å². The van der Waals surface area contributed by atoms with Gasteiger partial charge in [-0.15, -0.1) is 0 Å². The normalized spacial score (nSPS) is 16.6. The zero-order valence-electron chi connectivity index (χ0n) is 6.78. The third-order valence-corrected chi connectivity index (χ3v) is 3.28. The van der Waals surface area contributed by atoms with Gasteiger partial charge in [0.25, 0.3) is 0 Å². The Morgan fingerprint density at radius 2 is 2.38 bits per heavy atom. The van der Waals surface area contributed by atoms with E-state index in [1.54, 1.807) is 0 Å². The highest BCUT2D eigenvalue weighted by molar-refractivity contribution is 7.73. The zero-order chi connectivity index (χ0) is 8.84. The quantitative estimate of drug-likeness (QED) is 0.734. The van der Waals surface area contributed by atoms with E-state index in [0.29, 0.717) is 5.92 Å². The second-order valence-electron chi connectivity index (χ2n) is 3.24. The van der Waals surface area contributed by atoms with Gasteiger partial charge >= 0.3 is 0 Å². The third kappa shape index (κ3) is 1.28. The SMILES string of the molecule is S=c1[nH]c2ncc(C3CC3)nc2s1. The Bertz CT molecular complexity index is 509. The van der Waals surface area contributed by atoms with Gasteiger partial charge in [0.1, 0.15) is 0 Å². The summed E-state index contributed by atoms with van der Waals surface area (Å²) in [6.07, 6.45) is 4.38. The minimum Gasteiger partial charge on any atom is -0.320 e. The lowest BCUT2D eigenvalue weighted by Gasteiger charge is -1.93. The molecule has 1 aliphatic rings. The van der Waals surface area contributed by atoms with Crippen LogP contribution in [0.4, 0.5) is 0 Å². The van der Waals surface area contributed by atoms with Crippen molar-refractivity contribution in [1.29, 1.82) is 0 Å². The summed E-state index contributed by atoms with van der Waals surface area (Å²) in [7, 11) is 0. The smallest absolute Gasteiger partial charge is 0.168 e. The summed E-state index contributed by atoms with van der Waals surface area (Å²) in [6, 6.07) is 0. The Morgan fingerprint density at radius 1 is 1.54 bits per heavy atom. The van der Waals surface area contributed by atoms with Crippen LogP contribution in [0.15, 0.2) is 6.20 Å². The van der Waals surface area contributed by atoms with Crippen molar-refractivity contribution in [3.63, 3.8) is 0 Å². The average molecular weight is 209 g/mol. The first-order valence-electron chi connectivity index (χ1n) is 4.19. The molecule has 2 aromatic heterocycles. The molecule has 1 N–H and O–H groups in total. The molecule has 0 unspecified atom stereocenters. The van der Waals surface area contributed by atoms with Crippen molar-refractivity contribution in [1.82, 2.24) is 15.0 Å². The number of nitrogens with zero attached hydrogens (tertiary/aromatic N) is 2. The van der Waals surface area contributed by atoms with Gasteiger partial charge in [-0.05, 0) is 25.1 Å². The van der Waals surface area contributed by atoms with E-state index in [1.807, 2.05) is 6.20 Å². The molecule has 0 atom stereocenters. The lowest BCUT2D eigenvalue weighted by Crippen LogP contribution is -1.87. The number of aromatic nitrogens is 3. The van der Waals surface area contributed by atoms with Gasteiger partial charge in [0, 0.05) is 5.92 Å². The minimum atomic E-state index is 0.660. The largest absolute Gasteiger partial charge is 0.320 e. The first-order chi connectivity index (χ1) is 6.33. The predicted molar refractivity (Wildman–Crippen MR) is 54.6 cm³/mol. The van der Waals surface area contributed by atoms with Gasteiger partial charge in [0.05, 0.1) is 11.9 Å². The van der Waals surface area contributed by atoms with Crippen LogP contribution in [-0.2, 0) is 0 Å². The Morgan fingerprint density at radius 3 is 3.15 bits per heavy atom. The molecule has 66 valence electrons. The first-order valence-corrected chi connectivity index (χ1v) is 5.41. The van der Waals surface area contributed by atoms with Crippen LogP contribution < -0.4 is 0 Å². The molecule has 0 aliphatic heterocycles. The second kappa shape index (κ2) is 2.59. The molecule has 1 saturated carbocycles. The summed E-state index contributed by atoms with van der Waals surface area (Å²) in [5.74, 6) is 0.660. The molecule has 0 spiro atoms. The Balaban J connectivity index is 2.25. The molecule has 0 saturated heterocycles. The highest BCUT2D eigenvalue weighted by atomic mass is 32.1. The molecule has 2 aromatic rings. The lowest BCUT2D eigenvalue weighted by atomic mass is 10.3. The first kappa shape index (κ1) is 7.58. The van der Waals surface area contributed by atoms with Crippen molar-refractivity contribution >= 4 is 34.0 Å². The number of H-pyrrole nitrogens is 1. The standard InChI is InChI=1S/C8H7N3S2/c12-8-11-6-7(13-8)10-5(3-9-6)4-1-2-4/h3-4H,1-2H2,(H,9,11,12). The molecule has 5 heteroatoms. The molecule has 0 radical (unpaired) electrons. The predicted octanol–water partition coefficient (Wildman–Crippen LogP) is 2.63. The summed E-state index contributed by atoms with van der Waals surface area (Å²) >= 11 is 6.52. The fourth-order valence-electron chi connectivity index (χ4n) is 1.33. The van der Waals surface area contributed by atoms with Crippen LogP contribution in [0, 0.1) is 3.95 Å². The van der Waals surface area contributed by atoms with Crippen LogP contribution in [-0.4, -0.2) is 15.0 Å². The Kier molecular flexibility index (Phi) is 1.51. The molecular weight excluding hydrogens is 202 g/mol. The highest BCUT2D eigenvalue weighted by Gasteiger charge is 2.25. The minimum absolute atomic E-state index is 0.660. The number of hydrogen-bond donors (Lipinski definition) is 1. The second-order valence-corrected chi connectivity index (χ2v) is 4.90. The van der Waals surface area contributed by atoms with Gasteiger partial charge in [0.2, 0.25) is 0 Å². The molecule has 0 bridgehead atoms. The summed E-state index contributed by atoms with van der Waals surface area (Å²) in [5.41, 5.74) is 1.94. The van der Waals surface area contributed by atoms with Gasteiger partial charge in [-0.1, -0.05) is 11.3 Å². The molecule has 0 aromatic carbocycles. The number of fused-ring (bicyclic) bond motifs is 1. The fraction of sp³-hybridized carbons (Fsp3) is 0.375. The van der Waals surface area contributed by atoms with Crippen LogP contribution >= 0.6 is 23.6 Å². The lowest BCUT2D eigenvalue weighted by molar-refractivity contribution is 1.02. The topological polar surface area (TPSA) is 41.6 Å². The number of hydrogen-bond acceptors (Lipinski definition) is 4. The Hall–Kier alpha value is -0.810. The van der Waals surface area contributed by atoms with Crippen LogP contribution in [0.5, 0.6) is 0 Å². The van der Waals surface area contributed by atoms with Gasteiger partial charge in [-0.3, -0.25) is 0 Å². The van der Waals surface area contributed by atoms with Crippen LogP contribution in [0.3, 0.4) is 0 Å². The maximum absolute atomic E-state index is 5.02. The van der Waals surface area contributed by atoms with Crippen molar-refractivity contribution in [2.75, 3.05) is 0 Å². The Labute approximate surface area is 83.9 Å². The molecule has 1 aliphatic carbocycles. The van der Waals surface area contributed by atoms with Crippen LogP contribution in [0.1, 0.15) is 24.5 Å². The molecule has 3 rings (SSSR count). The zero-order valence-corrected chi connectivity index (χ0v) is 8.41. The van der Waals surface area contributed by atoms with E-state index in [1.165, 1.54) is 24.2 Å². The van der Waals surface area contributed by atoms with E-state index in [4.69, 9.17) is 12.2 Å². The average Bonchev–Trinajstić information content (AvgIpc) is 2.87. The van der Waals surface area contributed by atoms with Crippen molar-refractivity contribution in [2.24, 2.45) is 0 Å². The molecule has 0 amide bonds.